The zero-order valence-corrected chi connectivity index (χ0v) is 11.4. The molecule has 2 nitrogen and oxygen atoms in total. The Labute approximate surface area is 116 Å². The third kappa shape index (κ3) is 2.76. The number of rotatable bonds is 3. The van der Waals surface area contributed by atoms with Gasteiger partial charge in [0, 0.05) is 25.3 Å². The Hall–Kier alpha value is -1.87. The molecule has 0 aliphatic heterocycles. The number of hydrogen-bond acceptors (Lipinski definition) is 2. The van der Waals surface area contributed by atoms with Gasteiger partial charge < -0.3 is 4.90 Å². The van der Waals surface area contributed by atoms with Crippen LogP contribution < -0.4 is 4.90 Å². The first-order chi connectivity index (χ1) is 9.00. The van der Waals surface area contributed by atoms with Crippen molar-refractivity contribution in [2.45, 2.75) is 0 Å². The fourth-order valence-corrected chi connectivity index (χ4v) is 2.02. The SMILES string of the molecule is CN(C)c1ccc(C(=O)c2c(F)cccc2Cl)cc1. The smallest absolute Gasteiger partial charge is 0.197 e. The van der Waals surface area contributed by atoms with Crippen LogP contribution >= 0.6 is 11.6 Å². The number of ketones is 1. The van der Waals surface area contributed by atoms with Crippen molar-refractivity contribution in [2.75, 3.05) is 19.0 Å². The Kier molecular flexibility index (Phi) is 3.86. The van der Waals surface area contributed by atoms with Crippen molar-refractivity contribution in [2.24, 2.45) is 0 Å². The van der Waals surface area contributed by atoms with Gasteiger partial charge in [-0.2, -0.15) is 0 Å². The largest absolute Gasteiger partial charge is 0.378 e. The minimum Gasteiger partial charge on any atom is -0.378 e. The summed E-state index contributed by atoms with van der Waals surface area (Å²) in [6.07, 6.45) is 0. The standard InChI is InChI=1S/C15H13ClFNO/c1-18(2)11-8-6-10(7-9-11)15(19)14-12(16)4-3-5-13(14)17/h3-9H,1-2H3. The number of anilines is 1. The van der Waals surface area contributed by atoms with Crippen LogP contribution in [0.4, 0.5) is 10.1 Å². The van der Waals surface area contributed by atoms with Crippen LogP contribution in [0.3, 0.4) is 0 Å². The van der Waals surface area contributed by atoms with Gasteiger partial charge in [0.2, 0.25) is 0 Å². The molecule has 0 aliphatic carbocycles. The van der Waals surface area contributed by atoms with E-state index in [9.17, 15) is 9.18 Å². The summed E-state index contributed by atoms with van der Waals surface area (Å²) < 4.78 is 13.7. The van der Waals surface area contributed by atoms with Crippen molar-refractivity contribution >= 4 is 23.1 Å². The Bertz CT molecular complexity index is 588. The van der Waals surface area contributed by atoms with Crippen molar-refractivity contribution < 1.29 is 9.18 Å². The van der Waals surface area contributed by atoms with Gasteiger partial charge in [0.15, 0.2) is 5.78 Å². The van der Waals surface area contributed by atoms with Gasteiger partial charge in [-0.15, -0.1) is 0 Å². The second-order valence-corrected chi connectivity index (χ2v) is 4.77. The molecule has 0 fully saturated rings. The van der Waals surface area contributed by atoms with Crippen molar-refractivity contribution in [3.05, 3.63) is 64.4 Å². The van der Waals surface area contributed by atoms with Gasteiger partial charge in [0.25, 0.3) is 0 Å². The molecule has 4 heteroatoms. The lowest BCUT2D eigenvalue weighted by atomic mass is 10.0. The maximum atomic E-state index is 13.7. The first kappa shape index (κ1) is 13.6. The van der Waals surface area contributed by atoms with Crippen LogP contribution in [0.25, 0.3) is 0 Å². The molecule has 0 bridgehead atoms. The highest BCUT2D eigenvalue weighted by Crippen LogP contribution is 2.23. The summed E-state index contributed by atoms with van der Waals surface area (Å²) >= 11 is 5.89. The van der Waals surface area contributed by atoms with E-state index in [1.165, 1.54) is 18.2 Å². The summed E-state index contributed by atoms with van der Waals surface area (Å²) in [5.74, 6) is -1.01. The van der Waals surface area contributed by atoms with E-state index in [4.69, 9.17) is 11.6 Å². The van der Waals surface area contributed by atoms with E-state index >= 15 is 0 Å². The van der Waals surface area contributed by atoms with Crippen LogP contribution in [-0.4, -0.2) is 19.9 Å². The Balaban J connectivity index is 2.39. The summed E-state index contributed by atoms with van der Waals surface area (Å²) in [4.78, 5) is 14.2. The minimum atomic E-state index is -0.603. The van der Waals surface area contributed by atoms with Crippen molar-refractivity contribution in [3.63, 3.8) is 0 Å². The topological polar surface area (TPSA) is 20.3 Å². The highest BCUT2D eigenvalue weighted by molar-refractivity contribution is 6.35. The molecule has 2 rings (SSSR count). The molecule has 0 saturated heterocycles. The van der Waals surface area contributed by atoms with Gasteiger partial charge in [-0.05, 0) is 36.4 Å². The Morgan fingerprint density at radius 3 is 2.26 bits per heavy atom. The van der Waals surface area contributed by atoms with E-state index in [-0.39, 0.29) is 10.6 Å². The lowest BCUT2D eigenvalue weighted by Gasteiger charge is -2.12. The fraction of sp³-hybridized carbons (Fsp3) is 0.133. The summed E-state index contributed by atoms with van der Waals surface area (Å²) in [5.41, 5.74) is 1.30. The average Bonchev–Trinajstić information content (AvgIpc) is 2.38. The molecule has 0 spiro atoms. The average molecular weight is 278 g/mol. The third-order valence-electron chi connectivity index (χ3n) is 2.84. The molecule has 0 amide bonds. The molecule has 0 heterocycles. The number of carbonyl (C=O) groups is 1. The maximum absolute atomic E-state index is 13.7. The molecule has 98 valence electrons. The Morgan fingerprint density at radius 2 is 1.74 bits per heavy atom. The zero-order valence-electron chi connectivity index (χ0n) is 10.7. The van der Waals surface area contributed by atoms with E-state index in [0.717, 1.165) is 5.69 Å². The first-order valence-electron chi connectivity index (χ1n) is 5.77. The molecular weight excluding hydrogens is 265 g/mol. The number of hydrogen-bond donors (Lipinski definition) is 0. The van der Waals surface area contributed by atoms with E-state index < -0.39 is 11.6 Å². The number of benzene rings is 2. The first-order valence-corrected chi connectivity index (χ1v) is 6.14. The molecular formula is C15H13ClFNO. The van der Waals surface area contributed by atoms with Crippen LogP contribution in [-0.2, 0) is 0 Å². The van der Waals surface area contributed by atoms with Crippen LogP contribution in [0.1, 0.15) is 15.9 Å². The van der Waals surface area contributed by atoms with Gasteiger partial charge in [-0.3, -0.25) is 4.79 Å². The highest BCUT2D eigenvalue weighted by Gasteiger charge is 2.17. The number of carbonyl (C=O) groups excluding carboxylic acids is 1. The molecule has 0 radical (unpaired) electrons. The third-order valence-corrected chi connectivity index (χ3v) is 3.15. The predicted molar refractivity (Wildman–Crippen MR) is 75.6 cm³/mol. The van der Waals surface area contributed by atoms with Crippen LogP contribution in [0.5, 0.6) is 0 Å². The molecule has 0 atom stereocenters. The van der Waals surface area contributed by atoms with Crippen molar-refractivity contribution in [1.29, 1.82) is 0 Å². The molecule has 0 N–H and O–H groups in total. The summed E-state index contributed by atoms with van der Waals surface area (Å²) in [7, 11) is 3.81. The lowest BCUT2D eigenvalue weighted by molar-refractivity contribution is 0.103. The minimum absolute atomic E-state index is 0.0817. The normalized spacial score (nSPS) is 10.3. The summed E-state index contributed by atoms with van der Waals surface area (Å²) in [6, 6.07) is 11.2. The van der Waals surface area contributed by atoms with Gasteiger partial charge in [-0.1, -0.05) is 17.7 Å². The monoisotopic (exact) mass is 277 g/mol. The van der Waals surface area contributed by atoms with Gasteiger partial charge >= 0.3 is 0 Å². The summed E-state index contributed by atoms with van der Waals surface area (Å²) in [5, 5.41) is 0.127. The number of nitrogens with zero attached hydrogens (tertiary/aromatic N) is 1. The lowest BCUT2D eigenvalue weighted by Crippen LogP contribution is -2.09. The van der Waals surface area contributed by atoms with Gasteiger partial charge in [0.05, 0.1) is 10.6 Å². The molecule has 2 aromatic carbocycles. The molecule has 2 aromatic rings. The van der Waals surface area contributed by atoms with Crippen molar-refractivity contribution in [1.82, 2.24) is 0 Å². The predicted octanol–water partition coefficient (Wildman–Crippen LogP) is 3.78. The van der Waals surface area contributed by atoms with E-state index in [1.54, 1.807) is 12.1 Å². The molecule has 0 aromatic heterocycles. The van der Waals surface area contributed by atoms with Gasteiger partial charge in [-0.25, -0.2) is 4.39 Å². The van der Waals surface area contributed by atoms with Crippen LogP contribution in [0.15, 0.2) is 42.5 Å². The van der Waals surface area contributed by atoms with Gasteiger partial charge in [0.1, 0.15) is 5.82 Å². The Morgan fingerprint density at radius 1 is 1.11 bits per heavy atom. The molecule has 0 saturated carbocycles. The summed E-state index contributed by atoms with van der Waals surface area (Å²) in [6.45, 7) is 0. The molecule has 0 aliphatic rings. The van der Waals surface area contributed by atoms with Crippen LogP contribution in [0, 0.1) is 5.82 Å². The molecule has 19 heavy (non-hydrogen) atoms. The zero-order chi connectivity index (χ0) is 14.0. The fourth-order valence-electron chi connectivity index (χ4n) is 1.77. The van der Waals surface area contributed by atoms with E-state index in [2.05, 4.69) is 0 Å². The second kappa shape index (κ2) is 5.41. The number of halogens is 2. The quantitative estimate of drug-likeness (QED) is 0.796. The van der Waals surface area contributed by atoms with E-state index in [1.807, 2.05) is 31.1 Å². The molecule has 0 unspecified atom stereocenters. The van der Waals surface area contributed by atoms with E-state index in [0.29, 0.717) is 5.56 Å². The van der Waals surface area contributed by atoms with Crippen molar-refractivity contribution in [3.8, 4) is 0 Å². The maximum Gasteiger partial charge on any atom is 0.197 e. The highest BCUT2D eigenvalue weighted by atomic mass is 35.5. The second-order valence-electron chi connectivity index (χ2n) is 4.37. The van der Waals surface area contributed by atoms with Crippen LogP contribution in [0.2, 0.25) is 5.02 Å².